The highest BCUT2D eigenvalue weighted by atomic mass is 19.4. The van der Waals surface area contributed by atoms with Gasteiger partial charge in [-0.2, -0.15) is 13.2 Å². The van der Waals surface area contributed by atoms with E-state index in [0.717, 1.165) is 19.1 Å². The minimum atomic E-state index is -4.45. The zero-order valence-electron chi connectivity index (χ0n) is 22.4. The van der Waals surface area contributed by atoms with Crippen LogP contribution in [-0.4, -0.2) is 46.0 Å². The summed E-state index contributed by atoms with van der Waals surface area (Å²) in [5, 5.41) is 11.7. The third kappa shape index (κ3) is 8.46. The third-order valence-corrected chi connectivity index (χ3v) is 7.47. The Balaban J connectivity index is 1.49. The summed E-state index contributed by atoms with van der Waals surface area (Å²) in [7, 11) is 0. The van der Waals surface area contributed by atoms with Crippen LogP contribution in [0, 0.1) is 11.8 Å². The topological polar surface area (TPSA) is 126 Å². The van der Waals surface area contributed by atoms with Crippen LogP contribution in [0.4, 0.5) is 27.8 Å². The summed E-state index contributed by atoms with van der Waals surface area (Å²) in [5.74, 6) is -5.32. The Labute approximate surface area is 233 Å². The van der Waals surface area contributed by atoms with Gasteiger partial charge in [0.25, 0.3) is 5.91 Å². The summed E-state index contributed by atoms with van der Waals surface area (Å²) in [5.41, 5.74) is 1.07. The van der Waals surface area contributed by atoms with Gasteiger partial charge in [0.1, 0.15) is 23.7 Å². The molecule has 2 fully saturated rings. The summed E-state index contributed by atoms with van der Waals surface area (Å²) in [6.07, 6.45) is -2.71. The molecular formula is C27H32F5N5O4. The smallest absolute Gasteiger partial charge is 0.364 e. The predicted octanol–water partition coefficient (Wildman–Crippen LogP) is 5.10. The number of amides is 3. The number of aromatic nitrogens is 2. The Morgan fingerprint density at radius 2 is 1.80 bits per heavy atom. The van der Waals surface area contributed by atoms with Crippen molar-refractivity contribution < 1.29 is 40.9 Å². The van der Waals surface area contributed by atoms with E-state index in [1.807, 2.05) is 0 Å². The fraction of sp³-hybridized carbons (Fsp3) is 0.593. The number of alkyl halides is 5. The van der Waals surface area contributed by atoms with E-state index in [1.54, 1.807) is 13.0 Å². The SMILES string of the molecule is CCc1nocc1C(=O)N[C@H](C(=O)Nc1cc(C(NC(=O)CCC(F)(F)F)C2CC2)ccn1)C1CCC(F)(F)CC1. The number of hydrogen-bond acceptors (Lipinski definition) is 6. The highest BCUT2D eigenvalue weighted by Crippen LogP contribution is 2.42. The Morgan fingerprint density at radius 3 is 2.44 bits per heavy atom. The van der Waals surface area contributed by atoms with Gasteiger partial charge in [-0.1, -0.05) is 12.1 Å². The van der Waals surface area contributed by atoms with Crippen LogP contribution in [0.3, 0.4) is 0 Å². The number of carbonyl (C=O) groups is 3. The number of nitrogens with one attached hydrogen (secondary N) is 3. The second-order valence-electron chi connectivity index (χ2n) is 10.6. The van der Waals surface area contributed by atoms with Crippen molar-refractivity contribution in [1.29, 1.82) is 0 Å². The fourth-order valence-corrected chi connectivity index (χ4v) is 5.03. The molecule has 2 aliphatic rings. The summed E-state index contributed by atoms with van der Waals surface area (Å²) in [4.78, 5) is 42.8. The van der Waals surface area contributed by atoms with Gasteiger partial charge in [-0.3, -0.25) is 14.4 Å². The van der Waals surface area contributed by atoms with Gasteiger partial charge in [-0.25, -0.2) is 13.8 Å². The number of halogens is 5. The quantitative estimate of drug-likeness (QED) is 0.315. The lowest BCUT2D eigenvalue weighted by Crippen LogP contribution is -2.50. The van der Waals surface area contributed by atoms with Gasteiger partial charge in [0.05, 0.1) is 18.2 Å². The van der Waals surface area contributed by atoms with Crippen LogP contribution in [-0.2, 0) is 16.0 Å². The molecular weight excluding hydrogens is 553 g/mol. The van der Waals surface area contributed by atoms with E-state index in [-0.39, 0.29) is 30.1 Å². The molecule has 0 radical (unpaired) electrons. The first kappa shape index (κ1) is 30.4. The van der Waals surface area contributed by atoms with Crippen molar-refractivity contribution in [3.8, 4) is 0 Å². The molecule has 0 saturated heterocycles. The molecule has 3 amide bonds. The lowest BCUT2D eigenvalue weighted by atomic mass is 9.81. The van der Waals surface area contributed by atoms with Crippen LogP contribution in [0.25, 0.3) is 0 Å². The molecule has 9 nitrogen and oxygen atoms in total. The van der Waals surface area contributed by atoms with Gasteiger partial charge in [0.15, 0.2) is 0 Å². The molecule has 0 aliphatic heterocycles. The number of aryl methyl sites for hydroxylation is 1. The first-order chi connectivity index (χ1) is 19.3. The molecule has 0 aromatic carbocycles. The van der Waals surface area contributed by atoms with E-state index in [0.29, 0.717) is 17.7 Å². The second-order valence-corrected chi connectivity index (χ2v) is 10.6. The average Bonchev–Trinajstić information content (AvgIpc) is 3.64. The Morgan fingerprint density at radius 1 is 1.10 bits per heavy atom. The van der Waals surface area contributed by atoms with Gasteiger partial charge >= 0.3 is 6.18 Å². The lowest BCUT2D eigenvalue weighted by Gasteiger charge is -2.33. The largest absolute Gasteiger partial charge is 0.389 e. The van der Waals surface area contributed by atoms with Crippen molar-refractivity contribution in [3.63, 3.8) is 0 Å². The Kier molecular flexibility index (Phi) is 9.27. The van der Waals surface area contributed by atoms with Crippen molar-refractivity contribution in [1.82, 2.24) is 20.8 Å². The van der Waals surface area contributed by atoms with E-state index in [4.69, 9.17) is 4.52 Å². The highest BCUT2D eigenvalue weighted by molar-refractivity contribution is 6.01. The van der Waals surface area contributed by atoms with Gasteiger partial charge in [0.2, 0.25) is 17.7 Å². The first-order valence-corrected chi connectivity index (χ1v) is 13.6. The molecule has 2 saturated carbocycles. The molecule has 2 aromatic heterocycles. The van der Waals surface area contributed by atoms with Crippen molar-refractivity contribution >= 4 is 23.5 Å². The summed E-state index contributed by atoms with van der Waals surface area (Å²) in [6, 6.07) is 1.38. The van der Waals surface area contributed by atoms with E-state index in [9.17, 15) is 36.3 Å². The molecule has 4 rings (SSSR count). The third-order valence-electron chi connectivity index (χ3n) is 7.47. The average molecular weight is 586 g/mol. The first-order valence-electron chi connectivity index (χ1n) is 13.6. The number of anilines is 1. The number of pyridine rings is 1. The van der Waals surface area contributed by atoms with Crippen molar-refractivity contribution in [3.05, 3.63) is 41.4 Å². The van der Waals surface area contributed by atoms with Crippen LogP contribution in [0.1, 0.15) is 85.9 Å². The minimum Gasteiger partial charge on any atom is -0.364 e. The second kappa shape index (κ2) is 12.5. The van der Waals surface area contributed by atoms with E-state index in [2.05, 4.69) is 26.1 Å². The summed E-state index contributed by atoms with van der Waals surface area (Å²) < 4.78 is 70.3. The van der Waals surface area contributed by atoms with E-state index in [1.165, 1.54) is 12.3 Å². The van der Waals surface area contributed by atoms with Crippen LogP contribution < -0.4 is 16.0 Å². The Hall–Kier alpha value is -3.58. The molecule has 2 aliphatic carbocycles. The molecule has 14 heteroatoms. The predicted molar refractivity (Wildman–Crippen MR) is 136 cm³/mol. The molecule has 224 valence electrons. The van der Waals surface area contributed by atoms with Crippen molar-refractivity contribution in [2.75, 3.05) is 5.32 Å². The fourth-order valence-electron chi connectivity index (χ4n) is 5.03. The normalized spacial score (nSPS) is 18.8. The molecule has 1 unspecified atom stereocenters. The van der Waals surface area contributed by atoms with Crippen LogP contribution in [0.2, 0.25) is 0 Å². The highest BCUT2D eigenvalue weighted by Gasteiger charge is 2.41. The van der Waals surface area contributed by atoms with Gasteiger partial charge in [0, 0.05) is 25.5 Å². The lowest BCUT2D eigenvalue weighted by molar-refractivity contribution is -0.144. The molecule has 41 heavy (non-hydrogen) atoms. The van der Waals surface area contributed by atoms with Crippen LogP contribution in [0.5, 0.6) is 0 Å². The Bertz CT molecular complexity index is 1240. The van der Waals surface area contributed by atoms with Gasteiger partial charge < -0.3 is 20.5 Å². The summed E-state index contributed by atoms with van der Waals surface area (Å²) in [6.45, 7) is 1.77. The number of carbonyl (C=O) groups excluding carboxylic acids is 3. The van der Waals surface area contributed by atoms with Crippen molar-refractivity contribution in [2.45, 2.75) is 88.9 Å². The van der Waals surface area contributed by atoms with Crippen LogP contribution >= 0.6 is 0 Å². The van der Waals surface area contributed by atoms with Gasteiger partial charge in [-0.15, -0.1) is 0 Å². The van der Waals surface area contributed by atoms with Crippen molar-refractivity contribution in [2.24, 2.45) is 11.8 Å². The molecule has 3 N–H and O–H groups in total. The molecule has 0 spiro atoms. The number of hydrogen-bond donors (Lipinski definition) is 3. The zero-order valence-corrected chi connectivity index (χ0v) is 22.4. The maximum absolute atomic E-state index is 13.9. The zero-order chi connectivity index (χ0) is 29.8. The maximum Gasteiger partial charge on any atom is 0.389 e. The monoisotopic (exact) mass is 585 g/mol. The molecule has 0 bridgehead atoms. The standard InChI is InChI=1S/C27H32F5N5O4/c1-2-19-18(14-41-37-19)24(39)36-23(16-5-9-26(28,29)10-6-16)25(40)34-20-13-17(8-12-33-20)22(15-3-4-15)35-21(38)7-11-27(30,31)32/h8,12-16,22-23H,2-7,9-11H2,1H3,(H,35,38)(H,36,39)(H,33,34,40)/t22?,23-/m0/s1. The molecule has 2 aromatic rings. The number of nitrogens with zero attached hydrogens (tertiary/aromatic N) is 2. The van der Waals surface area contributed by atoms with Gasteiger partial charge in [-0.05, 0) is 61.6 Å². The van der Waals surface area contributed by atoms with Crippen LogP contribution in [0.15, 0.2) is 29.1 Å². The van der Waals surface area contributed by atoms with E-state index < -0.39 is 73.5 Å². The minimum absolute atomic E-state index is 0.0107. The number of rotatable bonds is 11. The maximum atomic E-state index is 13.9. The molecule has 2 heterocycles. The van der Waals surface area contributed by atoms with E-state index >= 15 is 0 Å². The summed E-state index contributed by atoms with van der Waals surface area (Å²) >= 11 is 0. The molecule has 2 atom stereocenters.